The van der Waals surface area contributed by atoms with Gasteiger partial charge in [-0.25, -0.2) is 9.97 Å². The number of rotatable bonds is 4. The second-order valence-electron chi connectivity index (χ2n) is 6.58. The number of hydrogen-bond acceptors (Lipinski definition) is 6. The number of hydrogen-bond donors (Lipinski definition) is 2. The normalized spacial score (nSPS) is 20.8. The van der Waals surface area contributed by atoms with Gasteiger partial charge in [-0.1, -0.05) is 18.2 Å². The molecule has 26 heavy (non-hydrogen) atoms. The van der Waals surface area contributed by atoms with Crippen LogP contribution in [0.3, 0.4) is 0 Å². The standard InChI is InChI=1S/C19H22N6O/c1-13-10-25(11-14(2)26-13)19-7-18(21-12-22-19)24-23-9-15-8-20-17-6-4-3-5-16(15)17/h3-9,12-14,20H,10-11H2,1-2H3,(H,21,22,24)/b23-9+. The van der Waals surface area contributed by atoms with Gasteiger partial charge in [-0.3, -0.25) is 5.43 Å². The lowest BCUT2D eigenvalue weighted by molar-refractivity contribution is -0.00546. The Morgan fingerprint density at radius 1 is 1.23 bits per heavy atom. The quantitative estimate of drug-likeness (QED) is 0.559. The molecule has 0 bridgehead atoms. The van der Waals surface area contributed by atoms with E-state index in [9.17, 15) is 0 Å². The van der Waals surface area contributed by atoms with E-state index in [-0.39, 0.29) is 12.2 Å². The number of aromatic amines is 1. The zero-order valence-corrected chi connectivity index (χ0v) is 14.9. The van der Waals surface area contributed by atoms with E-state index in [1.807, 2.05) is 30.5 Å². The molecular weight excluding hydrogens is 328 g/mol. The van der Waals surface area contributed by atoms with Gasteiger partial charge in [0.2, 0.25) is 0 Å². The van der Waals surface area contributed by atoms with Crippen LogP contribution in [-0.4, -0.2) is 46.5 Å². The number of para-hydroxylation sites is 1. The molecule has 0 spiro atoms. The summed E-state index contributed by atoms with van der Waals surface area (Å²) in [6.45, 7) is 5.79. The van der Waals surface area contributed by atoms with Crippen molar-refractivity contribution in [1.82, 2.24) is 15.0 Å². The van der Waals surface area contributed by atoms with Crippen molar-refractivity contribution in [3.63, 3.8) is 0 Å². The number of nitrogens with one attached hydrogen (secondary N) is 2. The van der Waals surface area contributed by atoms with Crippen LogP contribution in [0.4, 0.5) is 11.6 Å². The summed E-state index contributed by atoms with van der Waals surface area (Å²) in [7, 11) is 0. The van der Waals surface area contributed by atoms with Crippen LogP contribution in [0.25, 0.3) is 10.9 Å². The predicted octanol–water partition coefficient (Wildman–Crippen LogP) is 3.02. The Morgan fingerprint density at radius 2 is 2.04 bits per heavy atom. The Labute approximate surface area is 152 Å². The van der Waals surface area contributed by atoms with E-state index < -0.39 is 0 Å². The first kappa shape index (κ1) is 16.5. The Kier molecular flexibility index (Phi) is 4.53. The van der Waals surface area contributed by atoms with E-state index >= 15 is 0 Å². The van der Waals surface area contributed by atoms with E-state index in [2.05, 4.69) is 50.3 Å². The van der Waals surface area contributed by atoms with Crippen molar-refractivity contribution >= 4 is 28.8 Å². The molecule has 1 fully saturated rings. The number of anilines is 2. The maximum atomic E-state index is 5.78. The monoisotopic (exact) mass is 350 g/mol. The molecule has 2 unspecified atom stereocenters. The number of nitrogens with zero attached hydrogens (tertiary/aromatic N) is 4. The molecule has 1 aliphatic rings. The molecule has 7 nitrogen and oxygen atoms in total. The van der Waals surface area contributed by atoms with Crippen LogP contribution < -0.4 is 10.3 Å². The second kappa shape index (κ2) is 7.13. The third kappa shape index (κ3) is 3.52. The van der Waals surface area contributed by atoms with Crippen molar-refractivity contribution in [2.45, 2.75) is 26.1 Å². The third-order valence-electron chi connectivity index (χ3n) is 4.40. The highest BCUT2D eigenvalue weighted by Crippen LogP contribution is 2.20. The molecule has 2 N–H and O–H groups in total. The highest BCUT2D eigenvalue weighted by atomic mass is 16.5. The van der Waals surface area contributed by atoms with Crippen LogP contribution in [0.1, 0.15) is 19.4 Å². The van der Waals surface area contributed by atoms with Crippen LogP contribution in [-0.2, 0) is 4.74 Å². The maximum absolute atomic E-state index is 5.78. The number of morpholine rings is 1. The van der Waals surface area contributed by atoms with Gasteiger partial charge in [0, 0.05) is 41.8 Å². The molecule has 134 valence electrons. The van der Waals surface area contributed by atoms with Crippen LogP contribution in [0, 0.1) is 0 Å². The van der Waals surface area contributed by atoms with Gasteiger partial charge in [0.15, 0.2) is 5.82 Å². The first-order chi connectivity index (χ1) is 12.7. The Bertz CT molecular complexity index is 911. The fourth-order valence-electron chi connectivity index (χ4n) is 3.31. The molecular formula is C19H22N6O. The highest BCUT2D eigenvalue weighted by Gasteiger charge is 2.23. The highest BCUT2D eigenvalue weighted by molar-refractivity contribution is 5.99. The van der Waals surface area contributed by atoms with Crippen molar-refractivity contribution in [2.24, 2.45) is 5.10 Å². The molecule has 7 heteroatoms. The van der Waals surface area contributed by atoms with Crippen LogP contribution in [0.5, 0.6) is 0 Å². The summed E-state index contributed by atoms with van der Waals surface area (Å²) in [6, 6.07) is 10.0. The van der Waals surface area contributed by atoms with Crippen molar-refractivity contribution in [2.75, 3.05) is 23.4 Å². The van der Waals surface area contributed by atoms with E-state index in [0.29, 0.717) is 5.82 Å². The Hall–Kier alpha value is -2.93. The summed E-state index contributed by atoms with van der Waals surface area (Å²) in [4.78, 5) is 14.1. The van der Waals surface area contributed by atoms with Crippen LogP contribution in [0.15, 0.2) is 48.0 Å². The number of aromatic nitrogens is 3. The minimum Gasteiger partial charge on any atom is -0.372 e. The third-order valence-corrected chi connectivity index (χ3v) is 4.40. The SMILES string of the molecule is CC1CN(c2cc(N/N=C/c3c[nH]c4ccccc34)ncn2)CC(C)O1. The smallest absolute Gasteiger partial charge is 0.151 e. The van der Waals surface area contributed by atoms with E-state index in [4.69, 9.17) is 4.74 Å². The lowest BCUT2D eigenvalue weighted by Gasteiger charge is -2.36. The Morgan fingerprint density at radius 3 is 2.88 bits per heavy atom. The molecule has 2 aromatic heterocycles. The van der Waals surface area contributed by atoms with Crippen molar-refractivity contribution in [1.29, 1.82) is 0 Å². The maximum Gasteiger partial charge on any atom is 0.151 e. The molecule has 0 saturated carbocycles. The molecule has 1 aromatic carbocycles. The minimum absolute atomic E-state index is 0.185. The van der Waals surface area contributed by atoms with Gasteiger partial charge in [-0.15, -0.1) is 0 Å². The lowest BCUT2D eigenvalue weighted by atomic mass is 10.2. The first-order valence-electron chi connectivity index (χ1n) is 8.76. The van der Waals surface area contributed by atoms with Gasteiger partial charge in [-0.05, 0) is 19.9 Å². The fraction of sp³-hybridized carbons (Fsp3) is 0.316. The molecule has 3 aromatic rings. The molecule has 0 radical (unpaired) electrons. The summed E-state index contributed by atoms with van der Waals surface area (Å²) in [6.07, 6.45) is 5.66. The van der Waals surface area contributed by atoms with Gasteiger partial charge >= 0.3 is 0 Å². The molecule has 3 heterocycles. The molecule has 2 atom stereocenters. The number of H-pyrrole nitrogens is 1. The summed E-state index contributed by atoms with van der Waals surface area (Å²) in [5.74, 6) is 1.55. The van der Waals surface area contributed by atoms with Crippen molar-refractivity contribution in [3.05, 3.63) is 48.4 Å². The average molecular weight is 350 g/mol. The van der Waals surface area contributed by atoms with Gasteiger partial charge in [-0.2, -0.15) is 5.10 Å². The predicted molar refractivity (Wildman–Crippen MR) is 104 cm³/mol. The van der Waals surface area contributed by atoms with E-state index in [1.54, 1.807) is 12.5 Å². The van der Waals surface area contributed by atoms with Crippen molar-refractivity contribution in [3.8, 4) is 0 Å². The molecule has 0 amide bonds. The zero-order chi connectivity index (χ0) is 17.9. The number of ether oxygens (including phenoxy) is 1. The summed E-state index contributed by atoms with van der Waals surface area (Å²) in [5.41, 5.74) is 5.11. The van der Waals surface area contributed by atoms with Crippen LogP contribution >= 0.6 is 0 Å². The zero-order valence-electron chi connectivity index (χ0n) is 14.9. The minimum atomic E-state index is 0.185. The number of hydrazone groups is 1. The molecule has 1 aliphatic heterocycles. The van der Waals surface area contributed by atoms with Gasteiger partial charge in [0.05, 0.1) is 18.4 Å². The Balaban J connectivity index is 1.47. The van der Waals surface area contributed by atoms with Gasteiger partial charge in [0.1, 0.15) is 12.1 Å². The number of fused-ring (bicyclic) bond motifs is 1. The second-order valence-corrected chi connectivity index (χ2v) is 6.58. The first-order valence-corrected chi connectivity index (χ1v) is 8.76. The van der Waals surface area contributed by atoms with Gasteiger partial charge in [0.25, 0.3) is 0 Å². The van der Waals surface area contributed by atoms with Crippen molar-refractivity contribution < 1.29 is 4.74 Å². The molecule has 0 aliphatic carbocycles. The summed E-state index contributed by atoms with van der Waals surface area (Å²) >= 11 is 0. The fourth-order valence-corrected chi connectivity index (χ4v) is 3.31. The van der Waals surface area contributed by atoms with Gasteiger partial charge < -0.3 is 14.6 Å². The van der Waals surface area contributed by atoms with E-state index in [0.717, 1.165) is 35.4 Å². The number of benzene rings is 1. The summed E-state index contributed by atoms with van der Waals surface area (Å²) in [5, 5.41) is 5.46. The topological polar surface area (TPSA) is 78.4 Å². The summed E-state index contributed by atoms with van der Waals surface area (Å²) < 4.78 is 5.78. The van der Waals surface area contributed by atoms with E-state index in [1.165, 1.54) is 0 Å². The lowest BCUT2D eigenvalue weighted by Crippen LogP contribution is -2.45. The molecule has 1 saturated heterocycles. The molecule has 4 rings (SSSR count). The largest absolute Gasteiger partial charge is 0.372 e. The average Bonchev–Trinajstić information content (AvgIpc) is 3.05. The van der Waals surface area contributed by atoms with Crippen LogP contribution in [0.2, 0.25) is 0 Å².